The number of allylic oxidation sites excluding steroid dienone is 1. The second kappa shape index (κ2) is 9.41. The second-order valence-corrected chi connectivity index (χ2v) is 1.97. The van der Waals surface area contributed by atoms with Crippen molar-refractivity contribution in [2.75, 3.05) is 0 Å². The van der Waals surface area contributed by atoms with Crippen molar-refractivity contribution in [3.63, 3.8) is 0 Å². The summed E-state index contributed by atoms with van der Waals surface area (Å²) in [6, 6.07) is 0. The van der Waals surface area contributed by atoms with Crippen LogP contribution in [0.2, 0.25) is 0 Å². The zero-order valence-electron chi connectivity index (χ0n) is 8.31. The van der Waals surface area contributed by atoms with Crippen LogP contribution >= 0.6 is 0 Å². The van der Waals surface area contributed by atoms with Gasteiger partial charge < -0.3 is 5.41 Å². The summed E-state index contributed by atoms with van der Waals surface area (Å²) < 4.78 is 0. The van der Waals surface area contributed by atoms with Crippen LogP contribution in [-0.2, 0) is 0 Å². The van der Waals surface area contributed by atoms with Gasteiger partial charge in [-0.15, -0.1) is 0 Å². The topological polar surface area (TPSA) is 36.2 Å². The molecule has 0 aromatic rings. The predicted octanol–water partition coefficient (Wildman–Crippen LogP) is 1.87. The van der Waals surface area contributed by atoms with Gasteiger partial charge in [0.15, 0.2) is 5.70 Å². The van der Waals surface area contributed by atoms with Crippen molar-refractivity contribution in [2.24, 2.45) is 4.99 Å². The van der Waals surface area contributed by atoms with Crippen molar-refractivity contribution in [1.82, 2.24) is 0 Å². The van der Waals surface area contributed by atoms with Gasteiger partial charge in [-0.3, -0.25) is 0 Å². The summed E-state index contributed by atoms with van der Waals surface area (Å²) >= 11 is 0. The number of hydrogen-bond donors (Lipinski definition) is 1. The van der Waals surface area contributed by atoms with E-state index < -0.39 is 0 Å². The van der Waals surface area contributed by atoms with E-state index in [1.165, 1.54) is 6.21 Å². The van der Waals surface area contributed by atoms with Crippen LogP contribution in [0.3, 0.4) is 0 Å². The quantitative estimate of drug-likeness (QED) is 0.394. The summed E-state index contributed by atoms with van der Waals surface area (Å²) in [5, 5.41) is 6.77. The van der Waals surface area contributed by atoms with Crippen LogP contribution in [0.15, 0.2) is 40.2 Å². The molecule has 15 heavy (non-hydrogen) atoms. The van der Waals surface area contributed by atoms with Gasteiger partial charge in [-0.2, -0.15) is 0 Å². The minimum Gasteiger partial charge on any atom is -0.307 e. The summed E-state index contributed by atoms with van der Waals surface area (Å²) in [6.07, 6.45) is 2.33. The zero-order chi connectivity index (χ0) is 11.4. The Kier molecular flexibility index (Phi) is 7.73. The SMILES string of the molecule is C=C=C=C=C=C(C#CC#CC)N=CC=N. The number of rotatable bonds is 2. The van der Waals surface area contributed by atoms with E-state index in [1.807, 2.05) is 0 Å². The van der Waals surface area contributed by atoms with Gasteiger partial charge in [0.2, 0.25) is 0 Å². The van der Waals surface area contributed by atoms with E-state index in [0.717, 1.165) is 6.21 Å². The van der Waals surface area contributed by atoms with E-state index in [4.69, 9.17) is 5.41 Å². The van der Waals surface area contributed by atoms with E-state index in [2.05, 4.69) is 58.2 Å². The van der Waals surface area contributed by atoms with Crippen LogP contribution < -0.4 is 0 Å². The van der Waals surface area contributed by atoms with Gasteiger partial charge >= 0.3 is 0 Å². The molecule has 0 fully saturated rings. The molecule has 0 aliphatic carbocycles. The highest BCUT2D eigenvalue weighted by Gasteiger charge is 1.80. The minimum atomic E-state index is 0.323. The summed E-state index contributed by atoms with van der Waals surface area (Å²) in [7, 11) is 0. The molecule has 0 radical (unpaired) electrons. The first kappa shape index (κ1) is 12.3. The molecule has 0 rings (SSSR count). The lowest BCUT2D eigenvalue weighted by Gasteiger charge is -1.78. The number of nitrogens with zero attached hydrogens (tertiary/aromatic N) is 1. The molecule has 0 heterocycles. The highest BCUT2D eigenvalue weighted by atomic mass is 14.7. The summed E-state index contributed by atoms with van der Waals surface area (Å²) in [4.78, 5) is 3.83. The van der Waals surface area contributed by atoms with Crippen molar-refractivity contribution < 1.29 is 0 Å². The zero-order valence-corrected chi connectivity index (χ0v) is 8.31. The Labute approximate surface area is 89.2 Å². The normalized spacial score (nSPS) is 6.47. The molecule has 70 valence electrons. The van der Waals surface area contributed by atoms with Gasteiger partial charge in [-0.05, 0) is 48.5 Å². The van der Waals surface area contributed by atoms with E-state index in [0.29, 0.717) is 5.70 Å². The molecule has 0 aliphatic rings. The van der Waals surface area contributed by atoms with Gasteiger partial charge in [0.25, 0.3) is 0 Å². The molecule has 0 unspecified atom stereocenters. The molecule has 0 saturated heterocycles. The number of hydrogen-bond acceptors (Lipinski definition) is 2. The predicted molar refractivity (Wildman–Crippen MR) is 61.7 cm³/mol. The molecule has 2 nitrogen and oxygen atoms in total. The van der Waals surface area contributed by atoms with Crippen molar-refractivity contribution >= 4 is 12.4 Å². The summed E-state index contributed by atoms with van der Waals surface area (Å²) in [5.74, 6) is 10.4. The molecular formula is C13H8N2. The number of nitrogens with one attached hydrogen (secondary N) is 1. The van der Waals surface area contributed by atoms with Crippen LogP contribution in [0.25, 0.3) is 0 Å². The third kappa shape index (κ3) is 7.67. The van der Waals surface area contributed by atoms with Gasteiger partial charge in [0.1, 0.15) is 0 Å². The Morgan fingerprint density at radius 3 is 2.73 bits per heavy atom. The van der Waals surface area contributed by atoms with E-state index in [1.54, 1.807) is 6.92 Å². The Bertz CT molecular complexity index is 531. The molecule has 0 spiro atoms. The van der Waals surface area contributed by atoms with Gasteiger partial charge in [-0.25, -0.2) is 4.99 Å². The first-order valence-electron chi connectivity index (χ1n) is 3.96. The highest BCUT2D eigenvalue weighted by molar-refractivity contribution is 6.14. The lowest BCUT2D eigenvalue weighted by Crippen LogP contribution is -1.74. The third-order valence-corrected chi connectivity index (χ3v) is 0.978. The average molecular weight is 192 g/mol. The fourth-order valence-corrected chi connectivity index (χ4v) is 0.495. The average Bonchev–Trinajstić information content (AvgIpc) is 2.25. The van der Waals surface area contributed by atoms with Crippen molar-refractivity contribution in [2.45, 2.75) is 6.92 Å². The lowest BCUT2D eigenvalue weighted by molar-refractivity contribution is 1.49. The Balaban J connectivity index is 5.34. The first-order valence-corrected chi connectivity index (χ1v) is 3.96. The maximum Gasteiger partial charge on any atom is 0.165 e. The minimum absolute atomic E-state index is 0.323. The Hall–Kier alpha value is -2.68. The third-order valence-electron chi connectivity index (χ3n) is 0.978. The second-order valence-electron chi connectivity index (χ2n) is 1.97. The Morgan fingerprint density at radius 2 is 2.13 bits per heavy atom. The molecule has 0 bridgehead atoms. The monoisotopic (exact) mass is 192 g/mol. The fraction of sp³-hybridized carbons (Fsp3) is 0.0769. The fourth-order valence-electron chi connectivity index (χ4n) is 0.495. The molecule has 0 aliphatic heterocycles. The largest absolute Gasteiger partial charge is 0.307 e. The summed E-state index contributed by atoms with van der Waals surface area (Å²) in [5.41, 5.74) is 10.3. The molecule has 0 aromatic carbocycles. The smallest absolute Gasteiger partial charge is 0.165 e. The summed E-state index contributed by atoms with van der Waals surface area (Å²) in [6.45, 7) is 5.00. The molecular weight excluding hydrogens is 184 g/mol. The molecule has 2 heteroatoms. The van der Waals surface area contributed by atoms with Gasteiger partial charge in [0.05, 0.1) is 0 Å². The van der Waals surface area contributed by atoms with Crippen LogP contribution in [0, 0.1) is 29.1 Å². The molecule has 1 N–H and O–H groups in total. The van der Waals surface area contributed by atoms with Crippen LogP contribution in [0.5, 0.6) is 0 Å². The molecule has 0 amide bonds. The molecule has 0 atom stereocenters. The standard InChI is InChI=1S/C13H8N2/c1-3-5-7-9-13(15-12-11-14)10-8-6-4-2/h11-12,14H,1H2,2H3. The van der Waals surface area contributed by atoms with Crippen LogP contribution in [-0.4, -0.2) is 12.4 Å². The number of aliphatic imine (C=N–C) groups is 1. The Morgan fingerprint density at radius 1 is 1.33 bits per heavy atom. The van der Waals surface area contributed by atoms with E-state index >= 15 is 0 Å². The van der Waals surface area contributed by atoms with Crippen LogP contribution in [0.1, 0.15) is 6.92 Å². The molecule has 0 saturated carbocycles. The van der Waals surface area contributed by atoms with Gasteiger partial charge in [-0.1, -0.05) is 11.7 Å². The first-order chi connectivity index (χ1) is 7.35. The van der Waals surface area contributed by atoms with Crippen LogP contribution in [0.4, 0.5) is 0 Å². The molecule has 0 aromatic heterocycles. The lowest BCUT2D eigenvalue weighted by atomic mass is 10.4. The van der Waals surface area contributed by atoms with Crippen molar-refractivity contribution in [1.29, 1.82) is 5.41 Å². The highest BCUT2D eigenvalue weighted by Crippen LogP contribution is 1.88. The van der Waals surface area contributed by atoms with E-state index in [-0.39, 0.29) is 0 Å². The van der Waals surface area contributed by atoms with E-state index in [9.17, 15) is 0 Å². The maximum atomic E-state index is 6.77. The van der Waals surface area contributed by atoms with Gasteiger partial charge in [0, 0.05) is 12.4 Å². The van der Waals surface area contributed by atoms with Crippen molar-refractivity contribution in [3.8, 4) is 23.7 Å². The maximum absolute atomic E-state index is 6.77. The van der Waals surface area contributed by atoms with Crippen molar-refractivity contribution in [3.05, 3.63) is 35.2 Å².